The molecule has 3 nitrogen and oxygen atoms in total. The van der Waals surface area contributed by atoms with E-state index in [9.17, 15) is 4.79 Å². The molecular weight excluding hydrogens is 220 g/mol. The SMILES string of the molecule is CC.CCC(=O)CC(C)C.NC1=NCCS1. The minimum atomic E-state index is 0.375. The van der Waals surface area contributed by atoms with Gasteiger partial charge in [0.2, 0.25) is 0 Å². The summed E-state index contributed by atoms with van der Waals surface area (Å²) in [5, 5.41) is 0.745. The monoisotopic (exact) mass is 246 g/mol. The number of nitrogens with zero attached hydrogens (tertiary/aromatic N) is 1. The molecule has 4 heteroatoms. The third-order valence-electron chi connectivity index (χ3n) is 1.64. The molecular formula is C12H26N2OS. The Hall–Kier alpha value is -0.510. The Labute approximate surface area is 104 Å². The van der Waals surface area contributed by atoms with Gasteiger partial charge < -0.3 is 5.73 Å². The minimum Gasteiger partial charge on any atom is -0.379 e. The van der Waals surface area contributed by atoms with Gasteiger partial charge >= 0.3 is 0 Å². The molecule has 0 aromatic carbocycles. The van der Waals surface area contributed by atoms with E-state index in [0.29, 0.717) is 18.1 Å². The molecule has 1 rings (SSSR count). The number of Topliss-reactive ketones (excluding diaryl/α,β-unsaturated/α-hetero) is 1. The maximum absolute atomic E-state index is 10.6. The van der Waals surface area contributed by atoms with Gasteiger partial charge in [0.05, 0.1) is 6.54 Å². The van der Waals surface area contributed by atoms with E-state index in [1.165, 1.54) is 0 Å². The number of thioether (sulfide) groups is 1. The molecule has 0 radical (unpaired) electrons. The van der Waals surface area contributed by atoms with Crippen LogP contribution in [0, 0.1) is 5.92 Å². The van der Waals surface area contributed by atoms with E-state index in [1.54, 1.807) is 11.8 Å². The average Bonchev–Trinajstić information content (AvgIpc) is 2.72. The van der Waals surface area contributed by atoms with E-state index >= 15 is 0 Å². The first-order valence-corrected chi connectivity index (χ1v) is 6.99. The first-order chi connectivity index (χ1) is 7.56. The smallest absolute Gasteiger partial charge is 0.153 e. The topological polar surface area (TPSA) is 55.5 Å². The van der Waals surface area contributed by atoms with E-state index < -0.39 is 0 Å². The van der Waals surface area contributed by atoms with Gasteiger partial charge in [-0.2, -0.15) is 0 Å². The van der Waals surface area contributed by atoms with Crippen molar-refractivity contribution in [1.82, 2.24) is 0 Å². The summed E-state index contributed by atoms with van der Waals surface area (Å²) in [4.78, 5) is 14.5. The molecule has 0 saturated carbocycles. The molecule has 16 heavy (non-hydrogen) atoms. The Bertz CT molecular complexity index is 203. The number of amidine groups is 1. The van der Waals surface area contributed by atoms with Gasteiger partial charge in [0.15, 0.2) is 5.17 Å². The standard InChI is InChI=1S/C7H14O.C3H6N2S.C2H6/c1-4-7(8)5-6(2)3;4-3-5-1-2-6-3;1-2/h6H,4-5H2,1-3H3;1-2H2,(H2,4,5);1-2H3. The average molecular weight is 246 g/mol. The first-order valence-electron chi connectivity index (χ1n) is 6.00. The Kier molecular flexibility index (Phi) is 14.0. The van der Waals surface area contributed by atoms with E-state index in [4.69, 9.17) is 5.73 Å². The molecule has 2 N–H and O–H groups in total. The molecule has 1 aliphatic rings. The summed E-state index contributed by atoms with van der Waals surface area (Å²) in [5.41, 5.74) is 5.25. The van der Waals surface area contributed by atoms with Gasteiger partial charge in [-0.25, -0.2) is 0 Å². The van der Waals surface area contributed by atoms with Crippen molar-refractivity contribution in [3.8, 4) is 0 Å². The molecule has 96 valence electrons. The van der Waals surface area contributed by atoms with Crippen LogP contribution in [0.4, 0.5) is 0 Å². The summed E-state index contributed by atoms with van der Waals surface area (Å²) in [6.45, 7) is 10.9. The summed E-state index contributed by atoms with van der Waals surface area (Å²) >= 11 is 1.62. The molecule has 0 aliphatic carbocycles. The van der Waals surface area contributed by atoms with Gasteiger partial charge in [-0.15, -0.1) is 0 Å². The highest BCUT2D eigenvalue weighted by atomic mass is 32.2. The highest BCUT2D eigenvalue weighted by Crippen LogP contribution is 2.05. The zero-order valence-electron chi connectivity index (χ0n) is 11.2. The van der Waals surface area contributed by atoms with Crippen molar-refractivity contribution in [1.29, 1.82) is 0 Å². The van der Waals surface area contributed by atoms with Crippen LogP contribution in [0.5, 0.6) is 0 Å². The lowest BCUT2D eigenvalue weighted by Crippen LogP contribution is -2.00. The number of hydrogen-bond donors (Lipinski definition) is 1. The number of aliphatic imine (C=N–C) groups is 1. The molecule has 0 saturated heterocycles. The van der Waals surface area contributed by atoms with E-state index in [-0.39, 0.29) is 0 Å². The molecule has 0 atom stereocenters. The van der Waals surface area contributed by atoms with Gasteiger partial charge in [-0.05, 0) is 5.92 Å². The second kappa shape index (κ2) is 12.6. The zero-order valence-corrected chi connectivity index (χ0v) is 12.1. The van der Waals surface area contributed by atoms with E-state index in [0.717, 1.165) is 23.9 Å². The highest BCUT2D eigenvalue weighted by Gasteiger charge is 1.99. The first kappa shape index (κ1) is 17.9. The maximum atomic E-state index is 10.6. The lowest BCUT2D eigenvalue weighted by atomic mass is 10.1. The van der Waals surface area contributed by atoms with Crippen LogP contribution in [0.1, 0.15) is 47.5 Å². The molecule has 0 fully saturated rings. The lowest BCUT2D eigenvalue weighted by Gasteiger charge is -1.98. The van der Waals surface area contributed by atoms with Crippen LogP contribution in [0.15, 0.2) is 4.99 Å². The van der Waals surface area contributed by atoms with Crippen LogP contribution in [-0.2, 0) is 4.79 Å². The fourth-order valence-corrected chi connectivity index (χ4v) is 1.53. The molecule has 0 amide bonds. The quantitative estimate of drug-likeness (QED) is 0.832. The largest absolute Gasteiger partial charge is 0.379 e. The molecule has 0 bridgehead atoms. The third kappa shape index (κ3) is 13.5. The fourth-order valence-electron chi connectivity index (χ4n) is 0.951. The summed E-state index contributed by atoms with van der Waals surface area (Å²) in [6, 6.07) is 0. The third-order valence-corrected chi connectivity index (χ3v) is 2.45. The van der Waals surface area contributed by atoms with Gasteiger partial charge in [0, 0.05) is 18.6 Å². The van der Waals surface area contributed by atoms with Crippen molar-refractivity contribution in [2.45, 2.75) is 47.5 Å². The second-order valence-corrected chi connectivity index (χ2v) is 4.67. The van der Waals surface area contributed by atoms with Crippen LogP contribution in [0.25, 0.3) is 0 Å². The molecule has 0 aromatic rings. The summed E-state index contributed by atoms with van der Waals surface area (Å²) in [5.74, 6) is 1.98. The zero-order chi connectivity index (χ0) is 13.0. The number of carbonyl (C=O) groups is 1. The molecule has 1 heterocycles. The van der Waals surface area contributed by atoms with Crippen molar-refractivity contribution < 1.29 is 4.79 Å². The predicted molar refractivity (Wildman–Crippen MR) is 75.0 cm³/mol. The van der Waals surface area contributed by atoms with Gasteiger partial charge in [-0.1, -0.05) is 46.4 Å². The summed E-state index contributed by atoms with van der Waals surface area (Å²) in [6.07, 6.45) is 1.44. The Balaban J connectivity index is 0. The van der Waals surface area contributed by atoms with Gasteiger partial charge in [-0.3, -0.25) is 9.79 Å². The van der Waals surface area contributed by atoms with Crippen LogP contribution in [-0.4, -0.2) is 23.2 Å². The van der Waals surface area contributed by atoms with E-state index in [1.807, 2.05) is 20.8 Å². The van der Waals surface area contributed by atoms with E-state index in [2.05, 4.69) is 18.8 Å². The van der Waals surface area contributed by atoms with Gasteiger partial charge in [0.1, 0.15) is 5.78 Å². The predicted octanol–water partition coefficient (Wildman–Crippen LogP) is 3.09. The van der Waals surface area contributed by atoms with Crippen molar-refractivity contribution in [3.05, 3.63) is 0 Å². The molecule has 0 spiro atoms. The second-order valence-electron chi connectivity index (χ2n) is 3.56. The molecule has 0 unspecified atom stereocenters. The number of nitrogens with two attached hydrogens (primary N) is 1. The number of ketones is 1. The van der Waals surface area contributed by atoms with Crippen LogP contribution in [0.3, 0.4) is 0 Å². The maximum Gasteiger partial charge on any atom is 0.153 e. The Morgan fingerprint density at radius 1 is 1.50 bits per heavy atom. The van der Waals surface area contributed by atoms with Crippen LogP contribution in [0.2, 0.25) is 0 Å². The van der Waals surface area contributed by atoms with Crippen molar-refractivity contribution in [2.75, 3.05) is 12.3 Å². The van der Waals surface area contributed by atoms with Crippen molar-refractivity contribution in [2.24, 2.45) is 16.6 Å². The highest BCUT2D eigenvalue weighted by molar-refractivity contribution is 8.14. The summed E-state index contributed by atoms with van der Waals surface area (Å²) < 4.78 is 0. The normalized spacial score (nSPS) is 13.2. The Morgan fingerprint density at radius 2 is 2.06 bits per heavy atom. The van der Waals surface area contributed by atoms with Crippen molar-refractivity contribution >= 4 is 22.7 Å². The summed E-state index contributed by atoms with van der Waals surface area (Å²) in [7, 11) is 0. The number of carbonyl (C=O) groups excluding carboxylic acids is 1. The van der Waals surface area contributed by atoms with Crippen LogP contribution < -0.4 is 5.73 Å². The minimum absolute atomic E-state index is 0.375. The van der Waals surface area contributed by atoms with Crippen molar-refractivity contribution in [3.63, 3.8) is 0 Å². The van der Waals surface area contributed by atoms with Crippen LogP contribution >= 0.6 is 11.8 Å². The Morgan fingerprint density at radius 3 is 2.19 bits per heavy atom. The fraction of sp³-hybridized carbons (Fsp3) is 0.833. The van der Waals surface area contributed by atoms with Gasteiger partial charge in [0.25, 0.3) is 0 Å². The lowest BCUT2D eigenvalue weighted by molar-refractivity contribution is -0.119. The number of rotatable bonds is 3. The number of hydrogen-bond acceptors (Lipinski definition) is 4. The molecule has 1 aliphatic heterocycles. The molecule has 0 aromatic heterocycles.